The van der Waals surface area contributed by atoms with Crippen LogP contribution in [-0.4, -0.2) is 24.6 Å². The summed E-state index contributed by atoms with van der Waals surface area (Å²) < 4.78 is 4.81. The molecule has 1 aromatic rings. The summed E-state index contributed by atoms with van der Waals surface area (Å²) in [6.07, 6.45) is 1.44. The van der Waals surface area contributed by atoms with Gasteiger partial charge in [-0.1, -0.05) is 30.0 Å². The quantitative estimate of drug-likeness (QED) is 0.457. The standard InChI is InChI=1S/C14H17N3O4/c1-3-8-21-13(18)10(2)16-14(19)17-12-6-4-11(5-7-12)9-15-20/h3-7,10H,1,8-9H2,2H3,(H2,16,17,19). The Morgan fingerprint density at radius 3 is 2.62 bits per heavy atom. The zero-order chi connectivity index (χ0) is 15.7. The van der Waals surface area contributed by atoms with Crippen LogP contribution < -0.4 is 10.6 Å². The highest BCUT2D eigenvalue weighted by Gasteiger charge is 2.16. The molecular weight excluding hydrogens is 274 g/mol. The molecule has 7 heteroatoms. The number of urea groups is 1. The molecule has 0 radical (unpaired) electrons. The number of anilines is 1. The van der Waals surface area contributed by atoms with E-state index in [2.05, 4.69) is 22.4 Å². The first kappa shape index (κ1) is 16.4. The van der Waals surface area contributed by atoms with E-state index in [1.165, 1.54) is 13.0 Å². The molecule has 0 aliphatic heterocycles. The molecule has 1 atom stereocenters. The number of esters is 1. The second kappa shape index (κ2) is 8.47. The van der Waals surface area contributed by atoms with Gasteiger partial charge in [-0.3, -0.25) is 0 Å². The highest BCUT2D eigenvalue weighted by Crippen LogP contribution is 2.10. The van der Waals surface area contributed by atoms with Gasteiger partial charge in [-0.05, 0) is 24.6 Å². The van der Waals surface area contributed by atoms with Crippen molar-refractivity contribution in [2.75, 3.05) is 11.9 Å². The van der Waals surface area contributed by atoms with Gasteiger partial charge in [-0.15, -0.1) is 0 Å². The third-order valence-corrected chi connectivity index (χ3v) is 2.50. The van der Waals surface area contributed by atoms with E-state index in [1.807, 2.05) is 0 Å². The van der Waals surface area contributed by atoms with Crippen molar-refractivity contribution in [1.82, 2.24) is 5.32 Å². The minimum absolute atomic E-state index is 0.0820. The Bertz CT molecular complexity index is 513. The Morgan fingerprint density at radius 2 is 2.05 bits per heavy atom. The van der Waals surface area contributed by atoms with Gasteiger partial charge in [0, 0.05) is 5.69 Å². The molecule has 21 heavy (non-hydrogen) atoms. The van der Waals surface area contributed by atoms with E-state index in [0.717, 1.165) is 5.56 Å². The van der Waals surface area contributed by atoms with Crippen LogP contribution in [0.3, 0.4) is 0 Å². The summed E-state index contributed by atoms with van der Waals surface area (Å²) in [5.74, 6) is -0.544. The molecule has 0 saturated carbocycles. The average Bonchev–Trinajstić information content (AvgIpc) is 2.46. The van der Waals surface area contributed by atoms with E-state index in [0.29, 0.717) is 5.69 Å². The summed E-state index contributed by atoms with van der Waals surface area (Å²) in [4.78, 5) is 33.3. The van der Waals surface area contributed by atoms with Crippen LogP contribution in [0.25, 0.3) is 0 Å². The Labute approximate surface area is 122 Å². The van der Waals surface area contributed by atoms with E-state index in [9.17, 15) is 14.5 Å². The molecule has 0 fully saturated rings. The van der Waals surface area contributed by atoms with Gasteiger partial charge in [0.25, 0.3) is 0 Å². The minimum atomic E-state index is -0.775. The van der Waals surface area contributed by atoms with Gasteiger partial charge in [0.1, 0.15) is 19.2 Å². The molecule has 7 nitrogen and oxygen atoms in total. The lowest BCUT2D eigenvalue weighted by Crippen LogP contribution is -2.41. The molecule has 2 N–H and O–H groups in total. The Balaban J connectivity index is 2.47. The van der Waals surface area contributed by atoms with Crippen LogP contribution in [0.15, 0.2) is 42.1 Å². The van der Waals surface area contributed by atoms with Crippen molar-refractivity contribution in [3.8, 4) is 0 Å². The molecule has 2 amide bonds. The SMILES string of the molecule is C=CCOC(=O)C(C)NC(=O)Nc1ccc(CN=O)cc1. The summed E-state index contributed by atoms with van der Waals surface area (Å²) in [7, 11) is 0. The van der Waals surface area contributed by atoms with Crippen molar-refractivity contribution in [2.45, 2.75) is 19.5 Å². The summed E-state index contributed by atoms with van der Waals surface area (Å²) in [5.41, 5.74) is 1.28. The molecule has 1 unspecified atom stereocenters. The van der Waals surface area contributed by atoms with Crippen molar-refractivity contribution >= 4 is 17.7 Å². The molecule has 0 aliphatic rings. The number of amides is 2. The lowest BCUT2D eigenvalue weighted by molar-refractivity contribution is -0.144. The topological polar surface area (TPSA) is 96.9 Å². The largest absolute Gasteiger partial charge is 0.460 e. The van der Waals surface area contributed by atoms with Crippen LogP contribution >= 0.6 is 0 Å². The summed E-state index contributed by atoms with van der Waals surface area (Å²) in [5, 5.41) is 7.79. The lowest BCUT2D eigenvalue weighted by Gasteiger charge is -2.13. The fourth-order valence-electron chi connectivity index (χ4n) is 1.46. The predicted molar refractivity (Wildman–Crippen MR) is 78.7 cm³/mol. The van der Waals surface area contributed by atoms with E-state index in [1.54, 1.807) is 24.3 Å². The Morgan fingerprint density at radius 1 is 1.38 bits per heavy atom. The first-order valence-corrected chi connectivity index (χ1v) is 6.30. The number of hydrogen-bond donors (Lipinski definition) is 2. The van der Waals surface area contributed by atoms with Gasteiger partial charge in [0.2, 0.25) is 0 Å². The number of hydrogen-bond acceptors (Lipinski definition) is 5. The third kappa shape index (κ3) is 5.85. The maximum Gasteiger partial charge on any atom is 0.328 e. The average molecular weight is 291 g/mol. The smallest absolute Gasteiger partial charge is 0.328 e. The molecule has 0 bridgehead atoms. The first-order valence-electron chi connectivity index (χ1n) is 6.30. The maximum atomic E-state index is 11.7. The third-order valence-electron chi connectivity index (χ3n) is 2.50. The molecule has 0 spiro atoms. The second-order valence-electron chi connectivity index (χ2n) is 4.22. The van der Waals surface area contributed by atoms with Crippen LogP contribution in [0.1, 0.15) is 12.5 Å². The van der Waals surface area contributed by atoms with Gasteiger partial charge in [0.15, 0.2) is 0 Å². The Hall–Kier alpha value is -2.70. The number of carbonyl (C=O) groups excluding carboxylic acids is 2. The molecule has 112 valence electrons. The molecule has 0 heterocycles. The van der Waals surface area contributed by atoms with E-state index >= 15 is 0 Å². The van der Waals surface area contributed by atoms with E-state index < -0.39 is 18.0 Å². The van der Waals surface area contributed by atoms with Gasteiger partial charge in [0.05, 0.1) is 0 Å². The Kier molecular flexibility index (Phi) is 6.59. The van der Waals surface area contributed by atoms with E-state index in [-0.39, 0.29) is 13.2 Å². The van der Waals surface area contributed by atoms with Crippen LogP contribution in [-0.2, 0) is 16.1 Å². The van der Waals surface area contributed by atoms with Crippen molar-refractivity contribution in [3.63, 3.8) is 0 Å². The highest BCUT2D eigenvalue weighted by atomic mass is 16.5. The van der Waals surface area contributed by atoms with Crippen LogP contribution in [0.2, 0.25) is 0 Å². The monoisotopic (exact) mass is 291 g/mol. The number of nitrogens with one attached hydrogen (secondary N) is 2. The first-order chi connectivity index (χ1) is 10.1. The van der Waals surface area contributed by atoms with Crippen LogP contribution in [0.5, 0.6) is 0 Å². The number of carbonyl (C=O) groups is 2. The minimum Gasteiger partial charge on any atom is -0.460 e. The predicted octanol–water partition coefficient (Wildman–Crippen LogP) is 2.19. The zero-order valence-corrected chi connectivity index (χ0v) is 11.7. The molecule has 0 aliphatic carbocycles. The van der Waals surface area contributed by atoms with Crippen molar-refractivity contribution in [3.05, 3.63) is 47.4 Å². The molecule has 1 rings (SSSR count). The molecule has 0 saturated heterocycles. The van der Waals surface area contributed by atoms with Crippen LogP contribution in [0.4, 0.5) is 10.5 Å². The molecule has 0 aromatic heterocycles. The van der Waals surface area contributed by atoms with Crippen molar-refractivity contribution in [1.29, 1.82) is 0 Å². The second-order valence-corrected chi connectivity index (χ2v) is 4.22. The zero-order valence-electron chi connectivity index (χ0n) is 11.7. The van der Waals surface area contributed by atoms with Crippen molar-refractivity contribution in [2.24, 2.45) is 5.18 Å². The van der Waals surface area contributed by atoms with Gasteiger partial charge in [-0.25, -0.2) is 9.59 Å². The lowest BCUT2D eigenvalue weighted by atomic mass is 10.2. The highest BCUT2D eigenvalue weighted by molar-refractivity contribution is 5.92. The molecule has 1 aromatic carbocycles. The van der Waals surface area contributed by atoms with E-state index in [4.69, 9.17) is 4.74 Å². The normalized spacial score (nSPS) is 11.1. The number of nitrogens with zero attached hydrogens (tertiary/aromatic N) is 1. The van der Waals surface area contributed by atoms with Gasteiger partial charge >= 0.3 is 12.0 Å². The summed E-state index contributed by atoms with van der Waals surface area (Å²) >= 11 is 0. The number of nitroso groups, excluding NO2 is 1. The molecular formula is C14H17N3O4. The summed E-state index contributed by atoms with van der Waals surface area (Å²) in [6.45, 7) is 5.12. The number of rotatable bonds is 7. The summed E-state index contributed by atoms with van der Waals surface area (Å²) in [6, 6.07) is 5.34. The van der Waals surface area contributed by atoms with Gasteiger partial charge < -0.3 is 15.4 Å². The number of benzene rings is 1. The number of ether oxygens (including phenoxy) is 1. The maximum absolute atomic E-state index is 11.7. The van der Waals surface area contributed by atoms with Crippen LogP contribution in [0, 0.1) is 4.91 Å². The van der Waals surface area contributed by atoms with Crippen molar-refractivity contribution < 1.29 is 14.3 Å². The fourth-order valence-corrected chi connectivity index (χ4v) is 1.46. The fraction of sp³-hybridized carbons (Fsp3) is 0.286. The van der Waals surface area contributed by atoms with Gasteiger partial charge in [-0.2, -0.15) is 4.91 Å².